The summed E-state index contributed by atoms with van der Waals surface area (Å²) in [5, 5.41) is 1.07. The lowest BCUT2D eigenvalue weighted by atomic mass is 9.97. The van der Waals surface area contributed by atoms with E-state index >= 15 is 0 Å². The summed E-state index contributed by atoms with van der Waals surface area (Å²) < 4.78 is 6.00. The molecule has 0 N–H and O–H groups in total. The van der Waals surface area contributed by atoms with Crippen molar-refractivity contribution in [3.63, 3.8) is 0 Å². The molecule has 0 amide bonds. The van der Waals surface area contributed by atoms with Crippen LogP contribution in [0.25, 0.3) is 10.9 Å². The molecule has 3 aromatic rings. The second-order valence-electron chi connectivity index (χ2n) is 6.47. The number of aromatic nitrogens is 4. The Morgan fingerprint density at radius 3 is 2.72 bits per heavy atom. The first kappa shape index (κ1) is 15.7. The smallest absolute Gasteiger partial charge is 0.139 e. The molecule has 0 spiro atoms. The van der Waals surface area contributed by atoms with Crippen LogP contribution in [0.5, 0.6) is 5.75 Å². The van der Waals surface area contributed by atoms with Crippen molar-refractivity contribution in [3.8, 4) is 5.75 Å². The average Bonchev–Trinajstić information content (AvgIpc) is 2.67. The van der Waals surface area contributed by atoms with Gasteiger partial charge in [0, 0.05) is 42.6 Å². The van der Waals surface area contributed by atoms with Crippen molar-refractivity contribution in [1.29, 1.82) is 0 Å². The lowest BCUT2D eigenvalue weighted by molar-refractivity contribution is 0.221. The van der Waals surface area contributed by atoms with Crippen LogP contribution in [0.3, 0.4) is 0 Å². The molecule has 0 radical (unpaired) electrons. The Bertz CT molecular complexity index is 856. The molecule has 1 aliphatic rings. The summed E-state index contributed by atoms with van der Waals surface area (Å²) >= 11 is 0. The molecule has 4 heterocycles. The van der Waals surface area contributed by atoms with Gasteiger partial charge in [-0.05, 0) is 37.8 Å². The Balaban J connectivity index is 1.39. The number of anilines is 1. The van der Waals surface area contributed by atoms with Crippen LogP contribution in [-0.4, -0.2) is 39.6 Å². The molecule has 0 bridgehead atoms. The number of pyridine rings is 2. The molecular formula is C19H21N5O. The van der Waals surface area contributed by atoms with Gasteiger partial charge in [-0.3, -0.25) is 9.97 Å². The van der Waals surface area contributed by atoms with Crippen molar-refractivity contribution < 1.29 is 4.74 Å². The molecule has 0 atom stereocenters. The lowest BCUT2D eigenvalue weighted by Gasteiger charge is -2.33. The minimum Gasteiger partial charge on any atom is -0.493 e. The third kappa shape index (κ3) is 3.38. The van der Waals surface area contributed by atoms with Gasteiger partial charge >= 0.3 is 0 Å². The van der Waals surface area contributed by atoms with E-state index in [-0.39, 0.29) is 0 Å². The van der Waals surface area contributed by atoms with E-state index in [1.165, 1.54) is 0 Å². The summed E-state index contributed by atoms with van der Waals surface area (Å²) in [5.74, 6) is 2.52. The van der Waals surface area contributed by atoms with Gasteiger partial charge < -0.3 is 9.64 Å². The SMILES string of the molecule is Cc1cnccc1OCC1CCN(c2ncnc3cnccc23)CC1. The summed E-state index contributed by atoms with van der Waals surface area (Å²) in [4.78, 5) is 19.4. The van der Waals surface area contributed by atoms with Crippen LogP contribution < -0.4 is 9.64 Å². The number of rotatable bonds is 4. The molecule has 6 nitrogen and oxygen atoms in total. The van der Waals surface area contributed by atoms with E-state index in [0.717, 1.165) is 60.6 Å². The van der Waals surface area contributed by atoms with E-state index in [0.29, 0.717) is 5.92 Å². The lowest BCUT2D eigenvalue weighted by Crippen LogP contribution is -2.36. The van der Waals surface area contributed by atoms with Crippen molar-refractivity contribution in [3.05, 3.63) is 48.8 Å². The Labute approximate surface area is 146 Å². The maximum Gasteiger partial charge on any atom is 0.139 e. The minimum absolute atomic E-state index is 0.568. The standard InChI is InChI=1S/C19H21N5O/c1-14-10-20-7-3-18(14)25-12-15-4-8-24(9-5-15)19-16-2-6-21-11-17(16)22-13-23-19/h2-3,6-7,10-11,13,15H,4-5,8-9,12H2,1H3. The summed E-state index contributed by atoms with van der Waals surface area (Å²) in [5.41, 5.74) is 1.98. The molecule has 6 heteroatoms. The summed E-state index contributed by atoms with van der Waals surface area (Å²) in [6, 6.07) is 3.93. The molecule has 0 unspecified atom stereocenters. The fourth-order valence-electron chi connectivity index (χ4n) is 3.29. The molecule has 25 heavy (non-hydrogen) atoms. The van der Waals surface area contributed by atoms with Crippen LogP contribution >= 0.6 is 0 Å². The second kappa shape index (κ2) is 7.01. The Kier molecular flexibility index (Phi) is 4.41. The monoisotopic (exact) mass is 335 g/mol. The molecule has 1 fully saturated rings. The highest BCUT2D eigenvalue weighted by atomic mass is 16.5. The predicted molar refractivity (Wildman–Crippen MR) is 96.7 cm³/mol. The van der Waals surface area contributed by atoms with Crippen molar-refractivity contribution in [2.24, 2.45) is 5.92 Å². The number of piperidine rings is 1. The van der Waals surface area contributed by atoms with Gasteiger partial charge in [0.05, 0.1) is 18.3 Å². The first-order chi connectivity index (χ1) is 12.3. The number of fused-ring (bicyclic) bond motifs is 1. The molecule has 1 saturated heterocycles. The summed E-state index contributed by atoms with van der Waals surface area (Å²) in [6.45, 7) is 4.75. The summed E-state index contributed by atoms with van der Waals surface area (Å²) in [6.07, 6.45) is 11.0. The zero-order chi connectivity index (χ0) is 17.1. The van der Waals surface area contributed by atoms with Crippen LogP contribution in [-0.2, 0) is 0 Å². The van der Waals surface area contributed by atoms with Crippen molar-refractivity contribution in [2.75, 3.05) is 24.6 Å². The van der Waals surface area contributed by atoms with E-state index in [4.69, 9.17) is 4.74 Å². The molecule has 0 aromatic carbocycles. The van der Waals surface area contributed by atoms with Gasteiger partial charge in [-0.2, -0.15) is 0 Å². The van der Waals surface area contributed by atoms with Crippen LogP contribution in [0.15, 0.2) is 43.2 Å². The Morgan fingerprint density at radius 1 is 1.08 bits per heavy atom. The molecular weight excluding hydrogens is 314 g/mol. The maximum absolute atomic E-state index is 6.00. The first-order valence-corrected chi connectivity index (χ1v) is 8.64. The Morgan fingerprint density at radius 2 is 1.88 bits per heavy atom. The first-order valence-electron chi connectivity index (χ1n) is 8.64. The fraction of sp³-hybridized carbons (Fsp3) is 0.368. The zero-order valence-electron chi connectivity index (χ0n) is 14.3. The molecule has 4 rings (SSSR count). The van der Waals surface area contributed by atoms with E-state index < -0.39 is 0 Å². The largest absolute Gasteiger partial charge is 0.493 e. The topological polar surface area (TPSA) is 64.0 Å². The minimum atomic E-state index is 0.568. The van der Waals surface area contributed by atoms with Gasteiger partial charge in [0.1, 0.15) is 17.9 Å². The van der Waals surface area contributed by atoms with Crippen LogP contribution in [0.2, 0.25) is 0 Å². The van der Waals surface area contributed by atoms with Crippen LogP contribution in [0.1, 0.15) is 18.4 Å². The van der Waals surface area contributed by atoms with Gasteiger partial charge in [0.25, 0.3) is 0 Å². The van der Waals surface area contributed by atoms with Crippen LogP contribution in [0.4, 0.5) is 5.82 Å². The van der Waals surface area contributed by atoms with Gasteiger partial charge in [-0.1, -0.05) is 0 Å². The number of hydrogen-bond donors (Lipinski definition) is 0. The second-order valence-corrected chi connectivity index (χ2v) is 6.47. The molecule has 0 saturated carbocycles. The number of hydrogen-bond acceptors (Lipinski definition) is 6. The molecule has 1 aliphatic heterocycles. The average molecular weight is 335 g/mol. The zero-order valence-corrected chi connectivity index (χ0v) is 14.3. The fourth-order valence-corrected chi connectivity index (χ4v) is 3.29. The summed E-state index contributed by atoms with van der Waals surface area (Å²) in [7, 11) is 0. The quantitative estimate of drug-likeness (QED) is 0.730. The molecule has 3 aromatic heterocycles. The van der Waals surface area contributed by atoms with E-state index in [1.807, 2.05) is 25.3 Å². The van der Waals surface area contributed by atoms with Gasteiger partial charge in [0.2, 0.25) is 0 Å². The number of aryl methyl sites for hydroxylation is 1. The van der Waals surface area contributed by atoms with Gasteiger partial charge in [-0.15, -0.1) is 0 Å². The highest BCUT2D eigenvalue weighted by Crippen LogP contribution is 2.27. The van der Waals surface area contributed by atoms with Gasteiger partial charge in [-0.25, -0.2) is 9.97 Å². The molecule has 0 aliphatic carbocycles. The Hall–Kier alpha value is -2.76. The van der Waals surface area contributed by atoms with E-state index in [9.17, 15) is 0 Å². The highest BCUT2D eigenvalue weighted by molar-refractivity contribution is 5.88. The van der Waals surface area contributed by atoms with Gasteiger partial charge in [0.15, 0.2) is 0 Å². The predicted octanol–water partition coefficient (Wildman–Crippen LogP) is 3.02. The normalized spacial score (nSPS) is 15.5. The van der Waals surface area contributed by atoms with Crippen molar-refractivity contribution >= 4 is 16.7 Å². The van der Waals surface area contributed by atoms with E-state index in [1.54, 1.807) is 24.9 Å². The number of ether oxygens (including phenoxy) is 1. The van der Waals surface area contributed by atoms with Crippen molar-refractivity contribution in [1.82, 2.24) is 19.9 Å². The maximum atomic E-state index is 6.00. The van der Waals surface area contributed by atoms with E-state index in [2.05, 4.69) is 24.8 Å². The number of nitrogens with zero attached hydrogens (tertiary/aromatic N) is 5. The third-order valence-electron chi connectivity index (χ3n) is 4.78. The third-order valence-corrected chi connectivity index (χ3v) is 4.78. The van der Waals surface area contributed by atoms with Crippen molar-refractivity contribution in [2.45, 2.75) is 19.8 Å². The van der Waals surface area contributed by atoms with Crippen LogP contribution in [0, 0.1) is 12.8 Å². The highest BCUT2D eigenvalue weighted by Gasteiger charge is 2.22. The molecule has 128 valence electrons.